The number of anilines is 1. The number of alkyl halides is 2. The van der Waals surface area contributed by atoms with Crippen LogP contribution >= 0.6 is 0 Å². The van der Waals surface area contributed by atoms with Crippen molar-refractivity contribution in [1.82, 2.24) is 0 Å². The predicted molar refractivity (Wildman–Crippen MR) is 64.5 cm³/mol. The third-order valence-electron chi connectivity index (χ3n) is 2.37. The quantitative estimate of drug-likeness (QED) is 0.851. The second kappa shape index (κ2) is 6.30. The summed E-state index contributed by atoms with van der Waals surface area (Å²) >= 11 is 0. The molecular weight excluding hydrogens is 242 g/mol. The van der Waals surface area contributed by atoms with Gasteiger partial charge in [-0.25, -0.2) is 0 Å². The van der Waals surface area contributed by atoms with Crippen LogP contribution in [0.4, 0.5) is 14.5 Å². The molecule has 1 atom stereocenters. The topological polar surface area (TPSA) is 64.4 Å². The first-order chi connectivity index (χ1) is 8.40. The van der Waals surface area contributed by atoms with Gasteiger partial charge in [0.25, 0.3) is 0 Å². The Kier molecular flexibility index (Phi) is 5.03. The monoisotopic (exact) mass is 258 g/mol. The Labute approximate surface area is 104 Å². The summed E-state index contributed by atoms with van der Waals surface area (Å²) in [7, 11) is 0. The van der Waals surface area contributed by atoms with Crippen LogP contribution in [0.1, 0.15) is 13.8 Å². The largest absolute Gasteiger partial charge is 0.435 e. The summed E-state index contributed by atoms with van der Waals surface area (Å²) in [6, 6.07) is 5.04. The van der Waals surface area contributed by atoms with Crippen LogP contribution in [0.25, 0.3) is 0 Å². The number of amides is 1. The minimum Gasteiger partial charge on any atom is -0.435 e. The molecule has 0 saturated heterocycles. The van der Waals surface area contributed by atoms with Gasteiger partial charge in [0.05, 0.1) is 6.04 Å². The van der Waals surface area contributed by atoms with Crippen molar-refractivity contribution < 1.29 is 18.3 Å². The molecule has 1 aromatic rings. The first kappa shape index (κ1) is 14.4. The maximum atomic E-state index is 11.9. The summed E-state index contributed by atoms with van der Waals surface area (Å²) in [5.41, 5.74) is 6.15. The number of nitrogens with one attached hydrogen (secondary N) is 1. The molecule has 18 heavy (non-hydrogen) atoms. The molecule has 0 heterocycles. The molecule has 1 unspecified atom stereocenters. The van der Waals surface area contributed by atoms with Crippen molar-refractivity contribution in [3.63, 3.8) is 0 Å². The average molecular weight is 258 g/mol. The number of halogens is 2. The maximum absolute atomic E-state index is 11.9. The standard InChI is InChI=1S/C12H16F2N2O2/c1-7(2)10(15)11(17)16-8-3-5-9(6-4-8)18-12(13)14/h3-7,10,12H,15H2,1-2H3,(H,16,17). The number of ether oxygens (including phenoxy) is 1. The molecule has 0 saturated carbocycles. The highest BCUT2D eigenvalue weighted by atomic mass is 19.3. The molecule has 0 radical (unpaired) electrons. The number of hydrogen-bond acceptors (Lipinski definition) is 3. The van der Waals surface area contributed by atoms with Crippen LogP contribution in [-0.4, -0.2) is 18.6 Å². The number of benzene rings is 1. The molecule has 0 bridgehead atoms. The summed E-state index contributed by atoms with van der Waals surface area (Å²) in [6.45, 7) is 0.813. The molecule has 0 aromatic heterocycles. The van der Waals surface area contributed by atoms with Crippen molar-refractivity contribution >= 4 is 11.6 Å². The van der Waals surface area contributed by atoms with Gasteiger partial charge >= 0.3 is 6.61 Å². The Morgan fingerprint density at radius 3 is 2.28 bits per heavy atom. The van der Waals surface area contributed by atoms with Gasteiger partial charge in [-0.2, -0.15) is 8.78 Å². The van der Waals surface area contributed by atoms with E-state index in [9.17, 15) is 13.6 Å². The lowest BCUT2D eigenvalue weighted by Gasteiger charge is -2.15. The summed E-state index contributed by atoms with van der Waals surface area (Å²) in [5.74, 6) is -0.255. The lowest BCUT2D eigenvalue weighted by Crippen LogP contribution is -2.39. The first-order valence-corrected chi connectivity index (χ1v) is 5.51. The van der Waals surface area contributed by atoms with Gasteiger partial charge in [0.2, 0.25) is 5.91 Å². The van der Waals surface area contributed by atoms with Gasteiger partial charge in [-0.1, -0.05) is 13.8 Å². The summed E-state index contributed by atoms with van der Waals surface area (Å²) in [4.78, 5) is 11.6. The van der Waals surface area contributed by atoms with Crippen LogP contribution in [-0.2, 0) is 4.79 Å². The molecule has 100 valence electrons. The van der Waals surface area contributed by atoms with Crippen LogP contribution < -0.4 is 15.8 Å². The minimum absolute atomic E-state index is 0.0199. The SMILES string of the molecule is CC(C)C(N)C(=O)Nc1ccc(OC(F)F)cc1. The second-order valence-electron chi connectivity index (χ2n) is 4.16. The van der Waals surface area contributed by atoms with E-state index < -0.39 is 12.7 Å². The Hall–Kier alpha value is -1.69. The number of carbonyl (C=O) groups is 1. The molecule has 3 N–H and O–H groups in total. The fourth-order valence-corrected chi connectivity index (χ4v) is 1.25. The van der Waals surface area contributed by atoms with Crippen LogP contribution in [0, 0.1) is 5.92 Å². The van der Waals surface area contributed by atoms with E-state index in [1.54, 1.807) is 0 Å². The highest BCUT2D eigenvalue weighted by Gasteiger charge is 2.17. The zero-order chi connectivity index (χ0) is 13.7. The van der Waals surface area contributed by atoms with E-state index in [4.69, 9.17) is 5.73 Å². The molecule has 6 heteroatoms. The Morgan fingerprint density at radius 1 is 1.28 bits per heavy atom. The maximum Gasteiger partial charge on any atom is 0.387 e. The Balaban J connectivity index is 2.61. The smallest absolute Gasteiger partial charge is 0.387 e. The van der Waals surface area contributed by atoms with Crippen LogP contribution in [0.2, 0.25) is 0 Å². The van der Waals surface area contributed by atoms with Gasteiger partial charge < -0.3 is 15.8 Å². The van der Waals surface area contributed by atoms with Crippen LogP contribution in [0.3, 0.4) is 0 Å². The normalized spacial score (nSPS) is 12.6. The van der Waals surface area contributed by atoms with Gasteiger partial charge in [-0.15, -0.1) is 0 Å². The van der Waals surface area contributed by atoms with Crippen molar-refractivity contribution in [2.24, 2.45) is 11.7 Å². The van der Waals surface area contributed by atoms with Crippen LogP contribution in [0.15, 0.2) is 24.3 Å². The average Bonchev–Trinajstić information content (AvgIpc) is 2.29. The van der Waals surface area contributed by atoms with Gasteiger partial charge in [0.15, 0.2) is 0 Å². The fourth-order valence-electron chi connectivity index (χ4n) is 1.25. The third-order valence-corrected chi connectivity index (χ3v) is 2.37. The lowest BCUT2D eigenvalue weighted by molar-refractivity contribution is -0.118. The summed E-state index contributed by atoms with van der Waals surface area (Å²) in [5, 5.41) is 2.60. The molecule has 0 aliphatic carbocycles. The van der Waals surface area contributed by atoms with Crippen LogP contribution in [0.5, 0.6) is 5.75 Å². The van der Waals surface area contributed by atoms with Crippen molar-refractivity contribution in [3.05, 3.63) is 24.3 Å². The highest BCUT2D eigenvalue weighted by molar-refractivity contribution is 5.94. The number of nitrogens with two attached hydrogens (primary N) is 1. The van der Waals surface area contributed by atoms with Crippen molar-refractivity contribution in [1.29, 1.82) is 0 Å². The van der Waals surface area contributed by atoms with Crippen molar-refractivity contribution in [2.45, 2.75) is 26.5 Å². The Bertz CT molecular complexity index is 394. The van der Waals surface area contributed by atoms with E-state index in [2.05, 4.69) is 10.1 Å². The lowest BCUT2D eigenvalue weighted by atomic mass is 10.1. The molecule has 0 aliphatic rings. The molecule has 0 spiro atoms. The van der Waals surface area contributed by atoms with E-state index in [1.807, 2.05) is 13.8 Å². The van der Waals surface area contributed by atoms with E-state index in [0.29, 0.717) is 5.69 Å². The zero-order valence-corrected chi connectivity index (χ0v) is 10.2. The molecule has 1 aromatic carbocycles. The molecular formula is C12H16F2N2O2. The minimum atomic E-state index is -2.86. The predicted octanol–water partition coefficient (Wildman–Crippen LogP) is 2.21. The number of hydrogen-bond donors (Lipinski definition) is 2. The van der Waals surface area contributed by atoms with Gasteiger partial charge in [-0.3, -0.25) is 4.79 Å². The van der Waals surface area contributed by atoms with Gasteiger partial charge in [-0.05, 0) is 30.2 Å². The van der Waals surface area contributed by atoms with Gasteiger partial charge in [0, 0.05) is 5.69 Å². The number of rotatable bonds is 5. The molecule has 1 rings (SSSR count). The zero-order valence-electron chi connectivity index (χ0n) is 10.2. The molecule has 0 aliphatic heterocycles. The van der Waals surface area contributed by atoms with Crippen molar-refractivity contribution in [3.8, 4) is 5.75 Å². The fraction of sp³-hybridized carbons (Fsp3) is 0.417. The van der Waals surface area contributed by atoms with Crippen molar-refractivity contribution in [2.75, 3.05) is 5.32 Å². The third kappa shape index (κ3) is 4.29. The van der Waals surface area contributed by atoms with Gasteiger partial charge in [0.1, 0.15) is 5.75 Å². The van der Waals surface area contributed by atoms with E-state index in [-0.39, 0.29) is 17.6 Å². The van der Waals surface area contributed by atoms with E-state index in [0.717, 1.165) is 0 Å². The molecule has 0 fully saturated rings. The molecule has 4 nitrogen and oxygen atoms in total. The molecule has 1 amide bonds. The second-order valence-corrected chi connectivity index (χ2v) is 4.16. The van der Waals surface area contributed by atoms with E-state index in [1.165, 1.54) is 24.3 Å². The summed E-state index contributed by atoms with van der Waals surface area (Å²) < 4.78 is 28.0. The summed E-state index contributed by atoms with van der Waals surface area (Å²) in [6.07, 6.45) is 0. The highest BCUT2D eigenvalue weighted by Crippen LogP contribution is 2.18. The van der Waals surface area contributed by atoms with E-state index >= 15 is 0 Å². The Morgan fingerprint density at radius 2 is 1.83 bits per heavy atom. The number of carbonyl (C=O) groups excluding carboxylic acids is 1. The first-order valence-electron chi connectivity index (χ1n) is 5.51.